The number of nitrogens with zero attached hydrogens (tertiary/aromatic N) is 4. The molecule has 2 amide bonds. The van der Waals surface area contributed by atoms with Gasteiger partial charge in [-0.2, -0.15) is 0 Å². The van der Waals surface area contributed by atoms with Crippen molar-refractivity contribution in [1.29, 1.82) is 0 Å². The molecule has 0 unspecified atom stereocenters. The van der Waals surface area contributed by atoms with Crippen LogP contribution < -0.4 is 0 Å². The van der Waals surface area contributed by atoms with Crippen LogP contribution in [0.3, 0.4) is 0 Å². The second-order valence-corrected chi connectivity index (χ2v) is 7.89. The Morgan fingerprint density at radius 1 is 1.12 bits per heavy atom. The summed E-state index contributed by atoms with van der Waals surface area (Å²) >= 11 is 0. The molecule has 3 heterocycles. The molecule has 0 radical (unpaired) electrons. The number of amides is 2. The van der Waals surface area contributed by atoms with Gasteiger partial charge in [-0.3, -0.25) is 9.88 Å². The van der Waals surface area contributed by atoms with Crippen LogP contribution in [0.5, 0.6) is 0 Å². The van der Waals surface area contributed by atoms with Gasteiger partial charge < -0.3 is 14.5 Å². The molecule has 0 aromatic carbocycles. The lowest BCUT2D eigenvalue weighted by Crippen LogP contribution is -2.58. The third-order valence-corrected chi connectivity index (χ3v) is 5.97. The van der Waals surface area contributed by atoms with Crippen LogP contribution in [0.4, 0.5) is 4.79 Å². The first-order valence-corrected chi connectivity index (χ1v) is 10.00. The van der Waals surface area contributed by atoms with E-state index < -0.39 is 0 Å². The molecule has 0 atom stereocenters. The molecule has 26 heavy (non-hydrogen) atoms. The quantitative estimate of drug-likeness (QED) is 0.828. The maximum atomic E-state index is 12.7. The summed E-state index contributed by atoms with van der Waals surface area (Å²) in [4.78, 5) is 23.6. The SMILES string of the molecule is Cc1ccc(COC2CN(C(=O)N3CCCN(C4CCC4)CC3)C2)cn1. The molecule has 1 saturated carbocycles. The van der Waals surface area contributed by atoms with E-state index in [1.54, 1.807) is 0 Å². The summed E-state index contributed by atoms with van der Waals surface area (Å²) in [5.41, 5.74) is 2.10. The highest BCUT2D eigenvalue weighted by molar-refractivity contribution is 5.75. The van der Waals surface area contributed by atoms with Gasteiger partial charge in [0, 0.05) is 44.1 Å². The van der Waals surface area contributed by atoms with E-state index in [0.717, 1.165) is 49.9 Å². The number of hydrogen-bond donors (Lipinski definition) is 0. The third kappa shape index (κ3) is 4.01. The van der Waals surface area contributed by atoms with Gasteiger partial charge in [0.05, 0.1) is 25.8 Å². The molecule has 0 bridgehead atoms. The van der Waals surface area contributed by atoms with Crippen molar-refractivity contribution in [3.8, 4) is 0 Å². The number of aryl methyl sites for hydroxylation is 1. The summed E-state index contributed by atoms with van der Waals surface area (Å²) in [6.07, 6.45) is 7.17. The van der Waals surface area contributed by atoms with E-state index in [-0.39, 0.29) is 12.1 Å². The number of carbonyl (C=O) groups is 1. The number of aromatic nitrogens is 1. The summed E-state index contributed by atoms with van der Waals surface area (Å²) in [6, 6.07) is 5.02. The fraction of sp³-hybridized carbons (Fsp3) is 0.700. The zero-order valence-electron chi connectivity index (χ0n) is 15.8. The highest BCUT2D eigenvalue weighted by Crippen LogP contribution is 2.26. The van der Waals surface area contributed by atoms with Crippen LogP contribution in [0.2, 0.25) is 0 Å². The van der Waals surface area contributed by atoms with Gasteiger partial charge in [0.25, 0.3) is 0 Å². The molecule has 2 saturated heterocycles. The molecule has 6 heteroatoms. The number of urea groups is 1. The fourth-order valence-electron chi connectivity index (χ4n) is 3.94. The molecule has 3 aliphatic rings. The molecule has 0 spiro atoms. The molecular weight excluding hydrogens is 328 g/mol. The number of carbonyl (C=O) groups excluding carboxylic acids is 1. The van der Waals surface area contributed by atoms with Gasteiger partial charge in [-0.15, -0.1) is 0 Å². The van der Waals surface area contributed by atoms with Crippen molar-refractivity contribution in [1.82, 2.24) is 19.7 Å². The van der Waals surface area contributed by atoms with Crippen LogP contribution in [0, 0.1) is 6.92 Å². The summed E-state index contributed by atoms with van der Waals surface area (Å²) < 4.78 is 5.91. The van der Waals surface area contributed by atoms with Crippen molar-refractivity contribution >= 4 is 6.03 Å². The summed E-state index contributed by atoms with van der Waals surface area (Å²) in [6.45, 7) is 7.90. The van der Waals surface area contributed by atoms with Crippen molar-refractivity contribution < 1.29 is 9.53 Å². The zero-order chi connectivity index (χ0) is 17.9. The Balaban J connectivity index is 1.18. The molecule has 142 valence electrons. The number of ether oxygens (including phenoxy) is 1. The first-order valence-electron chi connectivity index (χ1n) is 10.00. The molecule has 1 aromatic heterocycles. The van der Waals surface area contributed by atoms with Gasteiger partial charge >= 0.3 is 6.03 Å². The molecular formula is C20H30N4O2. The van der Waals surface area contributed by atoms with Crippen LogP contribution in [-0.4, -0.2) is 77.1 Å². The first kappa shape index (κ1) is 17.7. The minimum absolute atomic E-state index is 0.152. The topological polar surface area (TPSA) is 48.9 Å². The number of hydrogen-bond acceptors (Lipinski definition) is 4. The van der Waals surface area contributed by atoms with E-state index in [1.165, 1.54) is 19.3 Å². The zero-order valence-corrected chi connectivity index (χ0v) is 15.8. The van der Waals surface area contributed by atoms with E-state index >= 15 is 0 Å². The predicted molar refractivity (Wildman–Crippen MR) is 99.9 cm³/mol. The molecule has 1 aliphatic carbocycles. The number of likely N-dealkylation sites (tertiary alicyclic amines) is 1. The molecule has 0 N–H and O–H groups in total. The molecule has 2 aliphatic heterocycles. The van der Waals surface area contributed by atoms with Crippen LogP contribution in [0.1, 0.15) is 36.9 Å². The minimum atomic E-state index is 0.152. The van der Waals surface area contributed by atoms with Crippen LogP contribution >= 0.6 is 0 Å². The lowest BCUT2D eigenvalue weighted by Gasteiger charge is -2.41. The molecule has 3 fully saturated rings. The highest BCUT2D eigenvalue weighted by atomic mass is 16.5. The predicted octanol–water partition coefficient (Wildman–Crippen LogP) is 2.27. The molecule has 6 nitrogen and oxygen atoms in total. The Morgan fingerprint density at radius 2 is 1.96 bits per heavy atom. The largest absolute Gasteiger partial charge is 0.370 e. The first-order chi connectivity index (χ1) is 12.7. The average Bonchev–Trinajstić information content (AvgIpc) is 2.79. The third-order valence-electron chi connectivity index (χ3n) is 5.97. The van der Waals surface area contributed by atoms with Gasteiger partial charge in [-0.05, 0) is 37.8 Å². The van der Waals surface area contributed by atoms with Crippen molar-refractivity contribution in [3.05, 3.63) is 29.6 Å². The maximum absolute atomic E-state index is 12.7. The summed E-state index contributed by atoms with van der Waals surface area (Å²) in [5.74, 6) is 0. The lowest BCUT2D eigenvalue weighted by atomic mass is 9.91. The van der Waals surface area contributed by atoms with Crippen molar-refractivity contribution in [2.24, 2.45) is 0 Å². The van der Waals surface area contributed by atoms with Gasteiger partial charge in [-0.1, -0.05) is 12.5 Å². The van der Waals surface area contributed by atoms with Crippen LogP contribution in [0.25, 0.3) is 0 Å². The summed E-state index contributed by atoms with van der Waals surface area (Å²) in [7, 11) is 0. The lowest BCUT2D eigenvalue weighted by molar-refractivity contribution is -0.0494. The number of rotatable bonds is 4. The summed E-state index contributed by atoms with van der Waals surface area (Å²) in [5, 5.41) is 0. The van der Waals surface area contributed by atoms with Crippen molar-refractivity contribution in [2.75, 3.05) is 39.3 Å². The van der Waals surface area contributed by atoms with Crippen molar-refractivity contribution in [2.45, 2.75) is 51.4 Å². The highest BCUT2D eigenvalue weighted by Gasteiger charge is 2.35. The second-order valence-electron chi connectivity index (χ2n) is 7.89. The van der Waals surface area contributed by atoms with Gasteiger partial charge in [-0.25, -0.2) is 4.79 Å². The normalized spacial score (nSPS) is 22.7. The maximum Gasteiger partial charge on any atom is 0.320 e. The molecule has 1 aromatic rings. The second kappa shape index (κ2) is 7.92. The van der Waals surface area contributed by atoms with E-state index in [1.807, 2.05) is 29.0 Å². The van der Waals surface area contributed by atoms with Gasteiger partial charge in [0.1, 0.15) is 0 Å². The minimum Gasteiger partial charge on any atom is -0.370 e. The van der Waals surface area contributed by atoms with Crippen molar-refractivity contribution in [3.63, 3.8) is 0 Å². The average molecular weight is 358 g/mol. The van der Waals surface area contributed by atoms with Crippen LogP contribution in [-0.2, 0) is 11.3 Å². The number of pyridine rings is 1. The smallest absolute Gasteiger partial charge is 0.320 e. The van der Waals surface area contributed by atoms with E-state index in [0.29, 0.717) is 19.7 Å². The van der Waals surface area contributed by atoms with Gasteiger partial charge in [0.15, 0.2) is 0 Å². The van der Waals surface area contributed by atoms with E-state index in [2.05, 4.69) is 16.0 Å². The Kier molecular flexibility index (Phi) is 5.41. The standard InChI is InChI=1S/C20H30N4O2/c1-16-6-7-17(12-21-16)15-26-19-13-24(14-19)20(25)23-9-3-8-22(10-11-23)18-4-2-5-18/h6-7,12,18-19H,2-5,8-11,13-15H2,1H3. The van der Waals surface area contributed by atoms with Crippen LogP contribution in [0.15, 0.2) is 18.3 Å². The van der Waals surface area contributed by atoms with E-state index in [4.69, 9.17) is 4.74 Å². The van der Waals surface area contributed by atoms with E-state index in [9.17, 15) is 4.79 Å². The Hall–Kier alpha value is -1.66. The monoisotopic (exact) mass is 358 g/mol. The molecule has 4 rings (SSSR count). The Labute approximate surface area is 156 Å². The Bertz CT molecular complexity index is 611. The fourth-order valence-corrected chi connectivity index (χ4v) is 3.94. The Morgan fingerprint density at radius 3 is 2.65 bits per heavy atom. The van der Waals surface area contributed by atoms with Gasteiger partial charge in [0.2, 0.25) is 0 Å².